The highest BCUT2D eigenvalue weighted by molar-refractivity contribution is 5.98. The van der Waals surface area contributed by atoms with Crippen LogP contribution in [0.2, 0.25) is 0 Å². The van der Waals surface area contributed by atoms with Crippen molar-refractivity contribution in [2.45, 2.75) is 39.0 Å². The molecule has 0 radical (unpaired) electrons. The Labute approximate surface area is 67.5 Å². The minimum Gasteiger partial charge on any atom is -0.295 e. The molecule has 0 amide bonds. The van der Waals surface area contributed by atoms with Crippen molar-refractivity contribution in [2.24, 2.45) is 5.92 Å². The van der Waals surface area contributed by atoms with Crippen molar-refractivity contribution in [1.29, 1.82) is 0 Å². The van der Waals surface area contributed by atoms with Gasteiger partial charge >= 0.3 is 0 Å². The number of hydrogen-bond acceptors (Lipinski definition) is 1. The molecule has 0 aliphatic heterocycles. The van der Waals surface area contributed by atoms with Crippen LogP contribution in [0.5, 0.6) is 0 Å². The van der Waals surface area contributed by atoms with Gasteiger partial charge in [0.1, 0.15) is 0 Å². The molecule has 1 atom stereocenters. The molecule has 0 aromatic rings. The fourth-order valence-electron chi connectivity index (χ4n) is 2.22. The zero-order valence-corrected chi connectivity index (χ0v) is 7.02. The molecule has 11 heavy (non-hydrogen) atoms. The Kier molecular flexibility index (Phi) is 1.59. The molecule has 2 aliphatic rings. The van der Waals surface area contributed by atoms with Crippen LogP contribution in [0.4, 0.5) is 0 Å². The van der Waals surface area contributed by atoms with Gasteiger partial charge in [-0.1, -0.05) is 12.5 Å². The summed E-state index contributed by atoms with van der Waals surface area (Å²) in [5.41, 5.74) is 2.68. The normalized spacial score (nSPS) is 31.0. The van der Waals surface area contributed by atoms with Gasteiger partial charge in [-0.3, -0.25) is 4.79 Å². The largest absolute Gasteiger partial charge is 0.295 e. The lowest BCUT2D eigenvalue weighted by atomic mass is 9.86. The summed E-state index contributed by atoms with van der Waals surface area (Å²) in [5, 5.41) is 0. The third-order valence-electron chi connectivity index (χ3n) is 2.90. The van der Waals surface area contributed by atoms with Crippen LogP contribution in [0.1, 0.15) is 39.0 Å². The summed E-state index contributed by atoms with van der Waals surface area (Å²) in [4.78, 5) is 11.3. The Morgan fingerprint density at radius 3 is 2.91 bits per heavy atom. The van der Waals surface area contributed by atoms with E-state index in [1.807, 2.05) is 0 Å². The summed E-state index contributed by atoms with van der Waals surface area (Å²) in [6, 6.07) is 0. The number of carbonyl (C=O) groups excluding carboxylic acids is 1. The third kappa shape index (κ3) is 1.13. The van der Waals surface area contributed by atoms with Crippen molar-refractivity contribution >= 4 is 5.78 Å². The van der Waals surface area contributed by atoms with Crippen LogP contribution in [0.3, 0.4) is 0 Å². The summed E-state index contributed by atoms with van der Waals surface area (Å²) < 4.78 is 0. The maximum atomic E-state index is 11.3. The molecule has 0 bridgehead atoms. The highest BCUT2D eigenvalue weighted by Crippen LogP contribution is 2.37. The van der Waals surface area contributed by atoms with Gasteiger partial charge in [-0.15, -0.1) is 0 Å². The third-order valence-corrected chi connectivity index (χ3v) is 2.90. The van der Waals surface area contributed by atoms with Crippen LogP contribution in [0.15, 0.2) is 11.1 Å². The predicted molar refractivity (Wildman–Crippen MR) is 44.3 cm³/mol. The van der Waals surface area contributed by atoms with E-state index in [4.69, 9.17) is 0 Å². The van der Waals surface area contributed by atoms with E-state index in [9.17, 15) is 4.79 Å². The average molecular weight is 150 g/mol. The van der Waals surface area contributed by atoms with Gasteiger partial charge in [0, 0.05) is 6.42 Å². The van der Waals surface area contributed by atoms with Crippen molar-refractivity contribution in [3.63, 3.8) is 0 Å². The number of ketones is 1. The maximum Gasteiger partial charge on any atom is 0.159 e. The predicted octanol–water partition coefficient (Wildman–Crippen LogP) is 2.47. The van der Waals surface area contributed by atoms with Gasteiger partial charge in [-0.2, -0.15) is 0 Å². The van der Waals surface area contributed by atoms with Gasteiger partial charge in [0.25, 0.3) is 0 Å². The Bertz CT molecular complexity index is 225. The molecular weight excluding hydrogens is 136 g/mol. The summed E-state index contributed by atoms with van der Waals surface area (Å²) >= 11 is 0. The van der Waals surface area contributed by atoms with Crippen molar-refractivity contribution < 1.29 is 4.79 Å². The quantitative estimate of drug-likeness (QED) is 0.518. The first kappa shape index (κ1) is 7.08. The van der Waals surface area contributed by atoms with Gasteiger partial charge in [0.2, 0.25) is 0 Å². The average Bonchev–Trinajstić information content (AvgIpc) is 2.32. The topological polar surface area (TPSA) is 17.1 Å². The summed E-state index contributed by atoms with van der Waals surface area (Å²) in [7, 11) is 0. The number of Topliss-reactive ketones (excluding diaryl/α,β-unsaturated/α-hetero) is 1. The van der Waals surface area contributed by atoms with Crippen LogP contribution >= 0.6 is 0 Å². The van der Waals surface area contributed by atoms with Crippen molar-refractivity contribution in [3.05, 3.63) is 11.1 Å². The highest BCUT2D eigenvalue weighted by Gasteiger charge is 2.27. The molecule has 0 fully saturated rings. The Morgan fingerprint density at radius 1 is 1.27 bits per heavy atom. The SMILES string of the molecule is CC1CCC2=C(CCC2=O)C1. The van der Waals surface area contributed by atoms with Gasteiger partial charge in [-0.05, 0) is 37.2 Å². The molecule has 1 nitrogen and oxygen atoms in total. The van der Waals surface area contributed by atoms with Gasteiger partial charge in [0.05, 0.1) is 0 Å². The summed E-state index contributed by atoms with van der Waals surface area (Å²) in [5.74, 6) is 1.26. The number of allylic oxidation sites excluding steroid dienone is 2. The number of rotatable bonds is 0. The monoisotopic (exact) mass is 150 g/mol. The zero-order valence-electron chi connectivity index (χ0n) is 7.02. The van der Waals surface area contributed by atoms with E-state index in [-0.39, 0.29) is 0 Å². The summed E-state index contributed by atoms with van der Waals surface area (Å²) in [6.45, 7) is 2.28. The van der Waals surface area contributed by atoms with Gasteiger partial charge < -0.3 is 0 Å². The molecule has 0 aromatic heterocycles. The van der Waals surface area contributed by atoms with Crippen LogP contribution in [-0.4, -0.2) is 5.78 Å². The molecule has 0 saturated heterocycles. The van der Waals surface area contributed by atoms with Crippen molar-refractivity contribution in [1.82, 2.24) is 0 Å². The second-order valence-corrected chi connectivity index (χ2v) is 3.85. The maximum absolute atomic E-state index is 11.3. The lowest BCUT2D eigenvalue weighted by molar-refractivity contribution is -0.115. The molecule has 60 valence electrons. The molecule has 2 aliphatic carbocycles. The minimum atomic E-state index is 0.437. The van der Waals surface area contributed by atoms with Gasteiger partial charge in [-0.25, -0.2) is 0 Å². The van der Waals surface area contributed by atoms with Crippen LogP contribution < -0.4 is 0 Å². The van der Waals surface area contributed by atoms with Crippen molar-refractivity contribution in [2.75, 3.05) is 0 Å². The first-order chi connectivity index (χ1) is 5.27. The van der Waals surface area contributed by atoms with Crippen molar-refractivity contribution in [3.8, 4) is 0 Å². The van der Waals surface area contributed by atoms with E-state index < -0.39 is 0 Å². The van der Waals surface area contributed by atoms with E-state index in [1.54, 1.807) is 0 Å². The lowest BCUT2D eigenvalue weighted by Gasteiger charge is -2.18. The zero-order chi connectivity index (χ0) is 7.84. The first-order valence-corrected chi connectivity index (χ1v) is 4.51. The van der Waals surface area contributed by atoms with Gasteiger partial charge in [0.15, 0.2) is 5.78 Å². The highest BCUT2D eigenvalue weighted by atomic mass is 16.1. The van der Waals surface area contributed by atoms with E-state index >= 15 is 0 Å². The molecule has 0 heterocycles. The molecule has 1 heteroatoms. The number of hydrogen-bond donors (Lipinski definition) is 0. The molecule has 0 saturated carbocycles. The van der Waals surface area contributed by atoms with E-state index in [2.05, 4.69) is 6.92 Å². The van der Waals surface area contributed by atoms with E-state index in [0.717, 1.165) is 25.2 Å². The standard InChI is InChI=1S/C10H14O/c1-7-2-4-9-8(6-7)3-5-10(9)11/h7H,2-6H2,1H3. The van der Waals surface area contributed by atoms with Crippen LogP contribution in [-0.2, 0) is 4.79 Å². The minimum absolute atomic E-state index is 0.437. The smallest absolute Gasteiger partial charge is 0.159 e. The molecular formula is C10H14O. The fourth-order valence-corrected chi connectivity index (χ4v) is 2.22. The number of carbonyl (C=O) groups is 1. The summed E-state index contributed by atoms with van der Waals surface area (Å²) in [6.07, 6.45) is 5.36. The van der Waals surface area contributed by atoms with Crippen LogP contribution in [0, 0.1) is 5.92 Å². The first-order valence-electron chi connectivity index (χ1n) is 4.51. The Hall–Kier alpha value is -0.590. The molecule has 0 N–H and O–H groups in total. The molecule has 0 aromatic carbocycles. The van der Waals surface area contributed by atoms with E-state index in [1.165, 1.54) is 24.0 Å². The molecule has 1 unspecified atom stereocenters. The Morgan fingerprint density at radius 2 is 2.09 bits per heavy atom. The lowest BCUT2D eigenvalue weighted by Crippen LogP contribution is -2.07. The fraction of sp³-hybridized carbons (Fsp3) is 0.700. The Balaban J connectivity index is 2.24. The molecule has 2 rings (SSSR count). The van der Waals surface area contributed by atoms with E-state index in [0.29, 0.717) is 5.78 Å². The van der Waals surface area contributed by atoms with Crippen LogP contribution in [0.25, 0.3) is 0 Å². The molecule has 0 spiro atoms. The second-order valence-electron chi connectivity index (χ2n) is 3.85. The second kappa shape index (κ2) is 2.47.